The molecule has 2 heterocycles. The highest BCUT2D eigenvalue weighted by molar-refractivity contribution is 5.89. The second kappa shape index (κ2) is 5.99. The molecule has 2 atom stereocenters. The minimum atomic E-state index is -0.603. The van der Waals surface area contributed by atoms with E-state index in [2.05, 4.69) is 6.58 Å². The molecule has 2 aliphatic heterocycles. The normalized spacial score (nSPS) is 25.1. The van der Waals surface area contributed by atoms with Crippen LogP contribution >= 0.6 is 0 Å². The summed E-state index contributed by atoms with van der Waals surface area (Å²) in [7, 11) is 0. The molecule has 2 saturated heterocycles. The van der Waals surface area contributed by atoms with Gasteiger partial charge in [-0.2, -0.15) is 0 Å². The lowest BCUT2D eigenvalue weighted by Crippen LogP contribution is -2.15. The average molecular weight is 268 g/mol. The van der Waals surface area contributed by atoms with Crippen LogP contribution in [-0.4, -0.2) is 44.0 Å². The Bertz CT molecular complexity index is 417. The Balaban J connectivity index is 1.97. The number of epoxide rings is 2. The predicted molar refractivity (Wildman–Crippen MR) is 64.0 cm³/mol. The Morgan fingerprint density at radius 3 is 2.47 bits per heavy atom. The molecule has 0 amide bonds. The lowest BCUT2D eigenvalue weighted by Gasteiger charge is -2.10. The molecular weight excluding hydrogens is 252 g/mol. The number of rotatable bonds is 7. The zero-order valence-corrected chi connectivity index (χ0v) is 10.7. The van der Waals surface area contributed by atoms with Gasteiger partial charge in [0.1, 0.15) is 18.5 Å². The molecule has 6 nitrogen and oxygen atoms in total. The third-order valence-corrected chi connectivity index (χ3v) is 2.73. The van der Waals surface area contributed by atoms with E-state index in [1.165, 1.54) is 0 Å². The fourth-order valence-electron chi connectivity index (χ4n) is 1.38. The Morgan fingerprint density at radius 2 is 1.95 bits per heavy atom. The van der Waals surface area contributed by atoms with Crippen LogP contribution in [0.2, 0.25) is 0 Å². The van der Waals surface area contributed by atoms with Gasteiger partial charge >= 0.3 is 11.9 Å². The number of hydrogen-bond acceptors (Lipinski definition) is 6. The van der Waals surface area contributed by atoms with E-state index in [1.54, 1.807) is 6.92 Å². The Kier molecular flexibility index (Phi) is 4.34. The molecule has 0 saturated carbocycles. The fourth-order valence-corrected chi connectivity index (χ4v) is 1.38. The van der Waals surface area contributed by atoms with Crippen molar-refractivity contribution in [3.8, 4) is 0 Å². The summed E-state index contributed by atoms with van der Waals surface area (Å²) in [5, 5.41) is 0. The van der Waals surface area contributed by atoms with Crippen molar-refractivity contribution in [1.82, 2.24) is 0 Å². The smallest absolute Gasteiger partial charge is 0.337 e. The van der Waals surface area contributed by atoms with Gasteiger partial charge in [-0.1, -0.05) is 6.58 Å². The lowest BCUT2D eigenvalue weighted by atomic mass is 10.2. The quantitative estimate of drug-likeness (QED) is 0.293. The van der Waals surface area contributed by atoms with Gasteiger partial charge in [0, 0.05) is 12.5 Å². The standard InChI is InChI=1S/C13H16O6/c1-3-12(14)19-11(4-9-5-16-9)8(2)13(15)18-7-10-6-17-10/h3,9-10H,1,4-7H2,2H3. The summed E-state index contributed by atoms with van der Waals surface area (Å²) < 4.78 is 20.1. The summed E-state index contributed by atoms with van der Waals surface area (Å²) in [6, 6.07) is 0. The summed E-state index contributed by atoms with van der Waals surface area (Å²) in [6.07, 6.45) is 1.43. The van der Waals surface area contributed by atoms with E-state index in [-0.39, 0.29) is 30.1 Å². The topological polar surface area (TPSA) is 77.7 Å². The maximum absolute atomic E-state index is 11.8. The molecule has 2 aliphatic rings. The van der Waals surface area contributed by atoms with Crippen molar-refractivity contribution in [2.45, 2.75) is 25.6 Å². The molecule has 0 radical (unpaired) electrons. The molecule has 0 aromatic rings. The van der Waals surface area contributed by atoms with Crippen LogP contribution in [0.3, 0.4) is 0 Å². The molecule has 2 unspecified atom stereocenters. The highest BCUT2D eigenvalue weighted by atomic mass is 16.6. The molecule has 0 bridgehead atoms. The van der Waals surface area contributed by atoms with Gasteiger partial charge in [-0.05, 0) is 6.92 Å². The van der Waals surface area contributed by atoms with Gasteiger partial charge in [-0.25, -0.2) is 9.59 Å². The Hall–Kier alpha value is -1.66. The van der Waals surface area contributed by atoms with Crippen molar-refractivity contribution in [2.24, 2.45) is 0 Å². The Morgan fingerprint density at radius 1 is 1.32 bits per heavy atom. The lowest BCUT2D eigenvalue weighted by molar-refractivity contribution is -0.140. The molecular formula is C13H16O6. The van der Waals surface area contributed by atoms with E-state index in [4.69, 9.17) is 18.9 Å². The first-order valence-corrected chi connectivity index (χ1v) is 6.04. The minimum Gasteiger partial charge on any atom is -0.459 e. The molecule has 0 spiro atoms. The van der Waals surface area contributed by atoms with Gasteiger partial charge < -0.3 is 18.9 Å². The van der Waals surface area contributed by atoms with Gasteiger partial charge in [0.15, 0.2) is 0 Å². The fraction of sp³-hybridized carbons (Fsp3) is 0.538. The van der Waals surface area contributed by atoms with E-state index in [9.17, 15) is 9.59 Å². The van der Waals surface area contributed by atoms with Crippen molar-refractivity contribution < 1.29 is 28.5 Å². The molecule has 19 heavy (non-hydrogen) atoms. The largest absolute Gasteiger partial charge is 0.459 e. The van der Waals surface area contributed by atoms with Crippen LogP contribution in [0.4, 0.5) is 0 Å². The van der Waals surface area contributed by atoms with Gasteiger partial charge in [-0.3, -0.25) is 0 Å². The van der Waals surface area contributed by atoms with Crippen LogP contribution < -0.4 is 0 Å². The van der Waals surface area contributed by atoms with Crippen LogP contribution in [-0.2, 0) is 28.5 Å². The van der Waals surface area contributed by atoms with E-state index in [1.807, 2.05) is 0 Å². The maximum Gasteiger partial charge on any atom is 0.337 e. The zero-order chi connectivity index (χ0) is 13.8. The van der Waals surface area contributed by atoms with Crippen molar-refractivity contribution >= 4 is 11.9 Å². The molecule has 0 N–H and O–H groups in total. The summed E-state index contributed by atoms with van der Waals surface area (Å²) in [4.78, 5) is 23.0. The van der Waals surface area contributed by atoms with E-state index >= 15 is 0 Å². The predicted octanol–water partition coefficient (Wildman–Crippen LogP) is 0.720. The number of carbonyl (C=O) groups excluding carboxylic acids is 2. The van der Waals surface area contributed by atoms with E-state index in [0.717, 1.165) is 6.08 Å². The van der Waals surface area contributed by atoms with Gasteiger partial charge in [-0.15, -0.1) is 0 Å². The van der Waals surface area contributed by atoms with Crippen LogP contribution in [0.25, 0.3) is 0 Å². The van der Waals surface area contributed by atoms with E-state index in [0.29, 0.717) is 19.6 Å². The van der Waals surface area contributed by atoms with Gasteiger partial charge in [0.2, 0.25) is 0 Å². The molecule has 0 aromatic heterocycles. The SMILES string of the molecule is C=CC(=O)OC(CC1CO1)=C(C)C(=O)OCC1CO1. The monoisotopic (exact) mass is 268 g/mol. The summed E-state index contributed by atoms with van der Waals surface area (Å²) in [5.41, 5.74) is 0.270. The van der Waals surface area contributed by atoms with Gasteiger partial charge in [0.05, 0.1) is 24.9 Å². The molecule has 2 fully saturated rings. The third kappa shape index (κ3) is 4.50. The minimum absolute atomic E-state index is 0.00197. The summed E-state index contributed by atoms with van der Waals surface area (Å²) in [6.45, 7) is 6.32. The van der Waals surface area contributed by atoms with E-state index < -0.39 is 11.9 Å². The van der Waals surface area contributed by atoms with Crippen LogP contribution in [0.5, 0.6) is 0 Å². The molecule has 2 rings (SSSR count). The van der Waals surface area contributed by atoms with Crippen LogP contribution in [0.1, 0.15) is 13.3 Å². The first-order chi connectivity index (χ1) is 9.10. The number of ether oxygens (including phenoxy) is 4. The second-order valence-electron chi connectivity index (χ2n) is 4.39. The summed E-state index contributed by atoms with van der Waals surface area (Å²) >= 11 is 0. The average Bonchev–Trinajstić information content (AvgIpc) is 3.27. The highest BCUT2D eigenvalue weighted by Gasteiger charge is 2.29. The first-order valence-electron chi connectivity index (χ1n) is 6.04. The number of carbonyl (C=O) groups is 2. The van der Waals surface area contributed by atoms with Crippen molar-refractivity contribution in [3.05, 3.63) is 24.0 Å². The molecule has 6 heteroatoms. The number of esters is 2. The zero-order valence-electron chi connectivity index (χ0n) is 10.7. The van der Waals surface area contributed by atoms with Crippen molar-refractivity contribution in [3.63, 3.8) is 0 Å². The highest BCUT2D eigenvalue weighted by Crippen LogP contribution is 2.23. The van der Waals surface area contributed by atoms with Crippen molar-refractivity contribution in [2.75, 3.05) is 19.8 Å². The third-order valence-electron chi connectivity index (χ3n) is 2.73. The Labute approximate surface area is 111 Å². The molecule has 104 valence electrons. The molecule has 0 aliphatic carbocycles. The molecule has 0 aromatic carbocycles. The first kappa shape index (κ1) is 13.8. The van der Waals surface area contributed by atoms with Crippen molar-refractivity contribution in [1.29, 1.82) is 0 Å². The number of hydrogen-bond donors (Lipinski definition) is 0. The maximum atomic E-state index is 11.8. The van der Waals surface area contributed by atoms with Gasteiger partial charge in [0.25, 0.3) is 0 Å². The second-order valence-corrected chi connectivity index (χ2v) is 4.39. The van der Waals surface area contributed by atoms with Crippen LogP contribution in [0, 0.1) is 0 Å². The summed E-state index contributed by atoms with van der Waals surface area (Å²) in [5.74, 6) is -0.842. The van der Waals surface area contributed by atoms with Crippen LogP contribution in [0.15, 0.2) is 24.0 Å².